The van der Waals surface area contributed by atoms with E-state index in [1.165, 1.54) is 17.7 Å². The molecule has 0 aliphatic heterocycles. The summed E-state index contributed by atoms with van der Waals surface area (Å²) >= 11 is 1.64. The zero-order valence-electron chi connectivity index (χ0n) is 13.5. The SMILES string of the molecule is CCOC(=O)c1c(CC(=O)C2CC23CC3)sc2c1C[C@@H](N)CC2. The zero-order chi connectivity index (χ0) is 16.2. The summed E-state index contributed by atoms with van der Waals surface area (Å²) in [5.74, 6) is 0.286. The highest BCUT2D eigenvalue weighted by Crippen LogP contribution is 2.71. The van der Waals surface area contributed by atoms with Crippen LogP contribution in [0.15, 0.2) is 0 Å². The van der Waals surface area contributed by atoms with E-state index in [1.54, 1.807) is 11.3 Å². The first-order valence-corrected chi connectivity index (χ1v) is 9.44. The normalized spacial score (nSPS) is 26.7. The predicted octanol–water partition coefficient (Wildman–Crippen LogP) is 2.65. The van der Waals surface area contributed by atoms with Gasteiger partial charge in [0.05, 0.1) is 12.2 Å². The minimum atomic E-state index is -0.279. The van der Waals surface area contributed by atoms with Crippen molar-refractivity contribution >= 4 is 23.1 Å². The molecule has 124 valence electrons. The van der Waals surface area contributed by atoms with Crippen LogP contribution in [-0.2, 0) is 28.8 Å². The van der Waals surface area contributed by atoms with Gasteiger partial charge in [0.25, 0.3) is 0 Å². The first-order chi connectivity index (χ1) is 11.0. The predicted molar refractivity (Wildman–Crippen MR) is 88.8 cm³/mol. The number of aryl methyl sites for hydroxylation is 1. The highest BCUT2D eigenvalue weighted by molar-refractivity contribution is 7.12. The van der Waals surface area contributed by atoms with Crippen LogP contribution in [0, 0.1) is 11.3 Å². The Labute approximate surface area is 140 Å². The molecule has 4 rings (SSSR count). The van der Waals surface area contributed by atoms with Gasteiger partial charge in [0.1, 0.15) is 5.78 Å². The average Bonchev–Trinajstić information content (AvgIpc) is 3.40. The third kappa shape index (κ3) is 2.64. The van der Waals surface area contributed by atoms with Gasteiger partial charge in [-0.25, -0.2) is 4.79 Å². The number of esters is 1. The van der Waals surface area contributed by atoms with Crippen LogP contribution in [-0.4, -0.2) is 24.4 Å². The van der Waals surface area contributed by atoms with Crippen molar-refractivity contribution in [2.75, 3.05) is 6.61 Å². The van der Waals surface area contributed by atoms with Crippen LogP contribution in [0.2, 0.25) is 0 Å². The van der Waals surface area contributed by atoms with E-state index in [9.17, 15) is 9.59 Å². The van der Waals surface area contributed by atoms with Gasteiger partial charge in [-0.1, -0.05) is 0 Å². The molecular weight excluding hydrogens is 310 g/mol. The smallest absolute Gasteiger partial charge is 0.339 e. The summed E-state index contributed by atoms with van der Waals surface area (Å²) in [6.07, 6.45) is 6.48. The van der Waals surface area contributed by atoms with Crippen molar-refractivity contribution in [2.45, 2.75) is 57.9 Å². The average molecular weight is 333 g/mol. The van der Waals surface area contributed by atoms with Gasteiger partial charge < -0.3 is 10.5 Å². The number of ether oxygens (including phenoxy) is 1. The highest BCUT2D eigenvalue weighted by Gasteiger charge is 2.65. The fraction of sp³-hybridized carbons (Fsp3) is 0.667. The molecule has 0 radical (unpaired) electrons. The zero-order valence-corrected chi connectivity index (χ0v) is 14.3. The molecule has 1 spiro atoms. The Hall–Kier alpha value is -1.20. The lowest BCUT2D eigenvalue weighted by atomic mass is 9.91. The van der Waals surface area contributed by atoms with E-state index < -0.39 is 0 Å². The molecule has 1 aromatic rings. The van der Waals surface area contributed by atoms with E-state index in [-0.39, 0.29) is 17.9 Å². The summed E-state index contributed by atoms with van der Waals surface area (Å²) in [5, 5.41) is 0. The maximum absolute atomic E-state index is 12.6. The van der Waals surface area contributed by atoms with E-state index in [0.29, 0.717) is 29.8 Å². The quantitative estimate of drug-likeness (QED) is 0.841. The minimum Gasteiger partial charge on any atom is -0.462 e. The number of nitrogens with two attached hydrogens (primary N) is 1. The second-order valence-electron chi connectivity index (χ2n) is 7.29. The first kappa shape index (κ1) is 15.3. The van der Waals surface area contributed by atoms with Crippen LogP contribution in [0.4, 0.5) is 0 Å². The summed E-state index contributed by atoms with van der Waals surface area (Å²) in [6.45, 7) is 2.17. The summed E-state index contributed by atoms with van der Waals surface area (Å²) in [5.41, 5.74) is 8.17. The molecule has 0 aromatic carbocycles. The van der Waals surface area contributed by atoms with Crippen LogP contribution in [0.3, 0.4) is 0 Å². The van der Waals surface area contributed by atoms with Gasteiger partial charge in [0.15, 0.2) is 0 Å². The molecule has 1 unspecified atom stereocenters. The van der Waals surface area contributed by atoms with Crippen molar-refractivity contribution in [3.05, 3.63) is 20.9 Å². The molecule has 5 heteroatoms. The molecule has 3 aliphatic carbocycles. The van der Waals surface area contributed by atoms with Crippen LogP contribution in [0.1, 0.15) is 58.3 Å². The number of ketones is 1. The Kier molecular flexibility index (Phi) is 3.61. The first-order valence-electron chi connectivity index (χ1n) is 8.63. The molecular formula is C18H23NO3S. The van der Waals surface area contributed by atoms with Crippen molar-refractivity contribution in [3.8, 4) is 0 Å². The Morgan fingerprint density at radius 3 is 2.83 bits per heavy atom. The Balaban J connectivity index is 1.62. The van der Waals surface area contributed by atoms with Crippen molar-refractivity contribution < 1.29 is 14.3 Å². The Morgan fingerprint density at radius 1 is 1.39 bits per heavy atom. The molecule has 4 nitrogen and oxygen atoms in total. The fourth-order valence-corrected chi connectivity index (χ4v) is 5.38. The molecule has 1 heterocycles. The van der Waals surface area contributed by atoms with Crippen LogP contribution >= 0.6 is 11.3 Å². The molecule has 2 saturated carbocycles. The van der Waals surface area contributed by atoms with E-state index >= 15 is 0 Å². The van der Waals surface area contributed by atoms with Crippen LogP contribution in [0.5, 0.6) is 0 Å². The lowest BCUT2D eigenvalue weighted by molar-refractivity contribution is -0.119. The number of hydrogen-bond acceptors (Lipinski definition) is 5. The van der Waals surface area contributed by atoms with Gasteiger partial charge in [-0.05, 0) is 56.4 Å². The molecule has 1 aromatic heterocycles. The van der Waals surface area contributed by atoms with E-state index in [0.717, 1.165) is 36.1 Å². The van der Waals surface area contributed by atoms with Crippen molar-refractivity contribution in [1.82, 2.24) is 0 Å². The standard InChI is InChI=1S/C18H23NO3S/c1-2-22-17(21)16-11-7-10(19)3-4-14(11)23-15(16)8-13(20)12-9-18(12)5-6-18/h10,12H,2-9,19H2,1H3/t10-,12?/m0/s1. The molecule has 0 bridgehead atoms. The van der Waals surface area contributed by atoms with E-state index in [1.807, 2.05) is 6.92 Å². The third-order valence-electron chi connectivity index (χ3n) is 5.66. The monoisotopic (exact) mass is 333 g/mol. The number of carbonyl (C=O) groups excluding carboxylic acids is 2. The molecule has 23 heavy (non-hydrogen) atoms. The second kappa shape index (κ2) is 5.42. The third-order valence-corrected chi connectivity index (χ3v) is 6.95. The largest absolute Gasteiger partial charge is 0.462 e. The maximum Gasteiger partial charge on any atom is 0.339 e. The van der Waals surface area contributed by atoms with Crippen molar-refractivity contribution in [2.24, 2.45) is 17.1 Å². The second-order valence-corrected chi connectivity index (χ2v) is 8.48. The maximum atomic E-state index is 12.6. The number of carbonyl (C=O) groups is 2. The number of Topliss-reactive ketones (excluding diaryl/α,β-unsaturated/α-hetero) is 1. The Bertz CT molecular complexity index is 674. The number of fused-ring (bicyclic) bond motifs is 1. The molecule has 2 N–H and O–H groups in total. The summed E-state index contributed by atoms with van der Waals surface area (Å²) < 4.78 is 5.25. The van der Waals surface area contributed by atoms with Crippen molar-refractivity contribution in [3.63, 3.8) is 0 Å². The van der Waals surface area contributed by atoms with Gasteiger partial charge in [0, 0.05) is 28.1 Å². The Morgan fingerprint density at radius 2 is 2.17 bits per heavy atom. The number of hydrogen-bond donors (Lipinski definition) is 1. The van der Waals surface area contributed by atoms with Gasteiger partial charge in [-0.15, -0.1) is 11.3 Å². The van der Waals surface area contributed by atoms with E-state index in [4.69, 9.17) is 10.5 Å². The summed E-state index contributed by atoms with van der Waals surface area (Å²) in [6, 6.07) is 0.104. The van der Waals surface area contributed by atoms with Gasteiger partial charge in [-0.3, -0.25) is 4.79 Å². The minimum absolute atomic E-state index is 0.104. The molecule has 0 saturated heterocycles. The lowest BCUT2D eigenvalue weighted by Crippen LogP contribution is -2.28. The molecule has 0 amide bonds. The fourth-order valence-electron chi connectivity index (χ4n) is 4.03. The highest BCUT2D eigenvalue weighted by atomic mass is 32.1. The van der Waals surface area contributed by atoms with Gasteiger partial charge >= 0.3 is 5.97 Å². The topological polar surface area (TPSA) is 69.4 Å². The molecule has 2 atom stereocenters. The lowest BCUT2D eigenvalue weighted by Gasteiger charge is -2.18. The van der Waals surface area contributed by atoms with Gasteiger partial charge in [-0.2, -0.15) is 0 Å². The number of thiophene rings is 1. The number of rotatable bonds is 5. The van der Waals surface area contributed by atoms with Crippen LogP contribution in [0.25, 0.3) is 0 Å². The summed E-state index contributed by atoms with van der Waals surface area (Å²) in [4.78, 5) is 27.2. The van der Waals surface area contributed by atoms with Crippen LogP contribution < -0.4 is 5.73 Å². The molecule has 2 fully saturated rings. The summed E-state index contributed by atoms with van der Waals surface area (Å²) in [7, 11) is 0. The van der Waals surface area contributed by atoms with Crippen molar-refractivity contribution in [1.29, 1.82) is 0 Å². The van der Waals surface area contributed by atoms with E-state index in [2.05, 4.69) is 0 Å². The van der Waals surface area contributed by atoms with Gasteiger partial charge in [0.2, 0.25) is 0 Å². The molecule has 3 aliphatic rings.